The zero-order valence-corrected chi connectivity index (χ0v) is 8.13. The Hall–Kier alpha value is -0.300. The molecular weight excluding hydrogens is 136 g/mol. The number of methoxy groups -OCH3 is 1. The Labute approximate surface area is 70.4 Å². The minimum atomic E-state index is 0.259. The third kappa shape index (κ3) is 6.11. The second-order valence-corrected chi connectivity index (χ2v) is 3.09. The van der Waals surface area contributed by atoms with Gasteiger partial charge in [-0.2, -0.15) is 0 Å². The van der Waals surface area contributed by atoms with Crippen molar-refractivity contribution >= 4 is 0 Å². The fraction of sp³-hybridized carbons (Fsp3) is 0.800. The second kappa shape index (κ2) is 6.41. The van der Waals surface area contributed by atoms with Crippen LogP contribution in [-0.2, 0) is 4.74 Å². The Bertz CT molecular complexity index is 107. The third-order valence-corrected chi connectivity index (χ3v) is 1.83. The van der Waals surface area contributed by atoms with Gasteiger partial charge in [0.1, 0.15) is 0 Å². The van der Waals surface area contributed by atoms with Gasteiger partial charge in [0.2, 0.25) is 0 Å². The summed E-state index contributed by atoms with van der Waals surface area (Å²) in [6, 6.07) is 0. The molecule has 0 aromatic rings. The lowest BCUT2D eigenvalue weighted by Gasteiger charge is -2.05. The van der Waals surface area contributed by atoms with Gasteiger partial charge in [-0.05, 0) is 19.3 Å². The lowest BCUT2D eigenvalue weighted by molar-refractivity contribution is 0.156. The highest BCUT2D eigenvalue weighted by Gasteiger charge is 1.95. The smallest absolute Gasteiger partial charge is 0.0723 e. The van der Waals surface area contributed by atoms with Crippen molar-refractivity contribution < 1.29 is 4.74 Å². The Morgan fingerprint density at radius 1 is 1.27 bits per heavy atom. The monoisotopic (exact) mass is 156 g/mol. The Morgan fingerprint density at radius 2 is 1.91 bits per heavy atom. The van der Waals surface area contributed by atoms with Crippen LogP contribution in [0.2, 0.25) is 0 Å². The van der Waals surface area contributed by atoms with E-state index in [0.717, 1.165) is 0 Å². The van der Waals surface area contributed by atoms with Crippen LogP contribution in [0.1, 0.15) is 33.6 Å². The van der Waals surface area contributed by atoms with Crippen molar-refractivity contribution in [1.29, 1.82) is 0 Å². The largest absolute Gasteiger partial charge is 0.378 e. The molecule has 0 aliphatic carbocycles. The Morgan fingerprint density at radius 3 is 2.36 bits per heavy atom. The van der Waals surface area contributed by atoms with Gasteiger partial charge in [-0.25, -0.2) is 0 Å². The molecule has 11 heavy (non-hydrogen) atoms. The van der Waals surface area contributed by atoms with Gasteiger partial charge >= 0.3 is 0 Å². The van der Waals surface area contributed by atoms with Crippen LogP contribution in [0.3, 0.4) is 0 Å². The molecule has 0 aromatic carbocycles. The number of hydrogen-bond acceptors (Lipinski definition) is 1. The van der Waals surface area contributed by atoms with E-state index in [1.54, 1.807) is 7.11 Å². The van der Waals surface area contributed by atoms with Gasteiger partial charge in [0, 0.05) is 7.11 Å². The molecule has 0 rings (SSSR count). The molecule has 0 aromatic heterocycles. The zero-order chi connectivity index (χ0) is 8.69. The van der Waals surface area contributed by atoms with Crippen molar-refractivity contribution in [3.63, 3.8) is 0 Å². The van der Waals surface area contributed by atoms with Crippen molar-refractivity contribution in [1.82, 2.24) is 0 Å². The predicted molar refractivity (Wildman–Crippen MR) is 49.7 cm³/mol. The van der Waals surface area contributed by atoms with Crippen LogP contribution in [-0.4, -0.2) is 13.2 Å². The molecule has 2 atom stereocenters. The Balaban J connectivity index is 3.54. The molecule has 0 spiro atoms. The first kappa shape index (κ1) is 10.7. The first-order valence-corrected chi connectivity index (χ1v) is 4.41. The third-order valence-electron chi connectivity index (χ3n) is 1.83. The van der Waals surface area contributed by atoms with Gasteiger partial charge in [0.15, 0.2) is 0 Å². The molecule has 0 aliphatic rings. The highest BCUT2D eigenvalue weighted by molar-refractivity contribution is 4.90. The average molecular weight is 156 g/mol. The van der Waals surface area contributed by atoms with Gasteiger partial charge in [-0.3, -0.25) is 0 Å². The van der Waals surface area contributed by atoms with Gasteiger partial charge in [0.05, 0.1) is 6.10 Å². The minimum Gasteiger partial charge on any atom is -0.378 e. The fourth-order valence-electron chi connectivity index (χ4n) is 0.976. The van der Waals surface area contributed by atoms with E-state index in [0.29, 0.717) is 5.92 Å². The van der Waals surface area contributed by atoms with Crippen LogP contribution in [0.5, 0.6) is 0 Å². The van der Waals surface area contributed by atoms with Crippen molar-refractivity contribution in [3.8, 4) is 0 Å². The molecule has 1 nitrogen and oxygen atoms in total. The first-order valence-electron chi connectivity index (χ1n) is 4.41. The maximum Gasteiger partial charge on any atom is 0.0723 e. The summed E-state index contributed by atoms with van der Waals surface area (Å²) in [6.45, 7) is 6.50. The fourth-order valence-corrected chi connectivity index (χ4v) is 0.976. The second-order valence-electron chi connectivity index (χ2n) is 3.09. The van der Waals surface area contributed by atoms with Gasteiger partial charge in [-0.1, -0.05) is 32.4 Å². The zero-order valence-electron chi connectivity index (χ0n) is 8.13. The van der Waals surface area contributed by atoms with E-state index in [2.05, 4.69) is 32.9 Å². The van der Waals surface area contributed by atoms with E-state index in [-0.39, 0.29) is 6.10 Å². The van der Waals surface area contributed by atoms with Gasteiger partial charge in [0.25, 0.3) is 0 Å². The van der Waals surface area contributed by atoms with Crippen molar-refractivity contribution in [2.24, 2.45) is 5.92 Å². The lowest BCUT2D eigenvalue weighted by Crippen LogP contribution is -2.00. The minimum absolute atomic E-state index is 0.259. The predicted octanol–water partition coefficient (Wildman–Crippen LogP) is 3.01. The molecule has 0 radical (unpaired) electrons. The standard InChI is InChI=1S/C10H20O/c1-5-6-9(2)7-8-10(3)11-4/h7-10H,5-6H2,1-4H3/b8-7-. The molecular formula is C10H20O. The lowest BCUT2D eigenvalue weighted by atomic mass is 10.1. The average Bonchev–Trinajstić information content (AvgIpc) is 2.01. The maximum absolute atomic E-state index is 5.09. The SMILES string of the molecule is CCCC(C)/C=C\C(C)OC. The summed E-state index contributed by atoms with van der Waals surface area (Å²) < 4.78 is 5.09. The number of hydrogen-bond donors (Lipinski definition) is 0. The normalized spacial score (nSPS) is 17.1. The first-order chi connectivity index (χ1) is 5.20. The molecule has 0 N–H and O–H groups in total. The summed E-state index contributed by atoms with van der Waals surface area (Å²) in [4.78, 5) is 0. The number of rotatable bonds is 5. The molecule has 0 amide bonds. The summed E-state index contributed by atoms with van der Waals surface area (Å²) in [5, 5.41) is 0. The molecule has 0 saturated carbocycles. The highest BCUT2D eigenvalue weighted by Crippen LogP contribution is 2.07. The summed E-state index contributed by atoms with van der Waals surface area (Å²) >= 11 is 0. The maximum atomic E-state index is 5.09. The molecule has 0 heterocycles. The quantitative estimate of drug-likeness (QED) is 0.556. The van der Waals surface area contributed by atoms with Crippen LogP contribution in [0.25, 0.3) is 0 Å². The van der Waals surface area contributed by atoms with Crippen LogP contribution in [0, 0.1) is 5.92 Å². The van der Waals surface area contributed by atoms with Crippen LogP contribution in [0.15, 0.2) is 12.2 Å². The molecule has 0 bridgehead atoms. The van der Waals surface area contributed by atoms with Crippen LogP contribution < -0.4 is 0 Å². The molecule has 0 aliphatic heterocycles. The topological polar surface area (TPSA) is 9.23 Å². The molecule has 1 heteroatoms. The van der Waals surface area contributed by atoms with E-state index in [1.165, 1.54) is 12.8 Å². The van der Waals surface area contributed by atoms with Gasteiger partial charge in [-0.15, -0.1) is 0 Å². The summed E-state index contributed by atoms with van der Waals surface area (Å²) in [5.74, 6) is 0.692. The molecule has 2 unspecified atom stereocenters. The summed E-state index contributed by atoms with van der Waals surface area (Å²) in [7, 11) is 1.74. The number of ether oxygens (including phenoxy) is 1. The summed E-state index contributed by atoms with van der Waals surface area (Å²) in [6.07, 6.45) is 7.15. The summed E-state index contributed by atoms with van der Waals surface area (Å²) in [5.41, 5.74) is 0. The number of allylic oxidation sites excluding steroid dienone is 1. The van der Waals surface area contributed by atoms with Crippen molar-refractivity contribution in [2.75, 3.05) is 7.11 Å². The van der Waals surface area contributed by atoms with E-state index >= 15 is 0 Å². The Kier molecular flexibility index (Phi) is 6.24. The van der Waals surface area contributed by atoms with E-state index < -0.39 is 0 Å². The van der Waals surface area contributed by atoms with E-state index in [1.807, 2.05) is 0 Å². The van der Waals surface area contributed by atoms with Crippen molar-refractivity contribution in [2.45, 2.75) is 39.7 Å². The van der Waals surface area contributed by atoms with E-state index in [9.17, 15) is 0 Å². The molecule has 0 fully saturated rings. The van der Waals surface area contributed by atoms with Gasteiger partial charge < -0.3 is 4.74 Å². The molecule has 0 saturated heterocycles. The highest BCUT2D eigenvalue weighted by atomic mass is 16.5. The van der Waals surface area contributed by atoms with E-state index in [4.69, 9.17) is 4.74 Å². The molecule has 66 valence electrons. The van der Waals surface area contributed by atoms with Crippen LogP contribution in [0.4, 0.5) is 0 Å². The van der Waals surface area contributed by atoms with Crippen LogP contribution >= 0.6 is 0 Å². The van der Waals surface area contributed by atoms with Crippen molar-refractivity contribution in [3.05, 3.63) is 12.2 Å².